The van der Waals surface area contributed by atoms with Gasteiger partial charge in [-0.15, -0.1) is 5.10 Å². The molecule has 2 rings (SSSR count). The van der Waals surface area contributed by atoms with Crippen LogP contribution in [0.25, 0.3) is 0 Å². The molecule has 0 spiro atoms. The largest absolute Gasteiger partial charge is 0.327 e. The van der Waals surface area contributed by atoms with Crippen LogP contribution in [0.1, 0.15) is 31.9 Å². The van der Waals surface area contributed by atoms with Crippen molar-refractivity contribution < 1.29 is 0 Å². The molecule has 90 valence electrons. The third kappa shape index (κ3) is 2.59. The number of piperidine rings is 1. The summed E-state index contributed by atoms with van der Waals surface area (Å²) in [5, 5.41) is 8.09. The summed E-state index contributed by atoms with van der Waals surface area (Å²) in [6.07, 6.45) is 5.75. The van der Waals surface area contributed by atoms with Gasteiger partial charge in [-0.25, -0.2) is 0 Å². The second-order valence-corrected chi connectivity index (χ2v) is 4.78. The summed E-state index contributed by atoms with van der Waals surface area (Å²) < 4.78 is 1.75. The molecule has 5 heteroatoms. The molecule has 0 aliphatic carbocycles. The highest BCUT2D eigenvalue weighted by atomic mass is 15.4. The van der Waals surface area contributed by atoms with E-state index in [1.165, 1.54) is 19.3 Å². The second kappa shape index (κ2) is 4.93. The van der Waals surface area contributed by atoms with E-state index in [2.05, 4.69) is 22.1 Å². The Morgan fingerprint density at radius 3 is 3.00 bits per heavy atom. The molecule has 2 unspecified atom stereocenters. The van der Waals surface area contributed by atoms with E-state index < -0.39 is 0 Å². The van der Waals surface area contributed by atoms with E-state index in [-0.39, 0.29) is 6.04 Å². The van der Waals surface area contributed by atoms with Crippen LogP contribution in [-0.2, 0) is 13.6 Å². The van der Waals surface area contributed by atoms with Crippen LogP contribution in [0, 0.1) is 0 Å². The first kappa shape index (κ1) is 11.5. The van der Waals surface area contributed by atoms with E-state index in [0.717, 1.165) is 18.8 Å². The number of rotatable bonds is 3. The molecule has 0 radical (unpaired) electrons. The van der Waals surface area contributed by atoms with Crippen LogP contribution in [0.3, 0.4) is 0 Å². The molecule has 1 aromatic heterocycles. The summed E-state index contributed by atoms with van der Waals surface area (Å²) in [5.41, 5.74) is 7.07. The van der Waals surface area contributed by atoms with Crippen molar-refractivity contribution in [1.29, 1.82) is 0 Å². The third-order valence-corrected chi connectivity index (χ3v) is 3.29. The van der Waals surface area contributed by atoms with Gasteiger partial charge in [0.15, 0.2) is 0 Å². The number of hydrogen-bond donors (Lipinski definition) is 1. The van der Waals surface area contributed by atoms with Crippen molar-refractivity contribution in [3.63, 3.8) is 0 Å². The van der Waals surface area contributed by atoms with Crippen molar-refractivity contribution >= 4 is 0 Å². The van der Waals surface area contributed by atoms with Gasteiger partial charge in [0.05, 0.1) is 5.69 Å². The zero-order chi connectivity index (χ0) is 11.5. The predicted molar refractivity (Wildman–Crippen MR) is 62.7 cm³/mol. The van der Waals surface area contributed by atoms with E-state index in [1.807, 2.05) is 13.2 Å². The van der Waals surface area contributed by atoms with Crippen LogP contribution in [0.4, 0.5) is 0 Å². The van der Waals surface area contributed by atoms with Gasteiger partial charge in [0.1, 0.15) is 0 Å². The lowest BCUT2D eigenvalue weighted by molar-refractivity contribution is 0.121. The molecule has 16 heavy (non-hydrogen) atoms. The van der Waals surface area contributed by atoms with E-state index in [1.54, 1.807) is 4.68 Å². The van der Waals surface area contributed by atoms with Crippen LogP contribution < -0.4 is 5.73 Å². The fourth-order valence-corrected chi connectivity index (χ4v) is 2.48. The minimum atomic E-state index is 0.233. The highest BCUT2D eigenvalue weighted by Crippen LogP contribution is 2.20. The Kier molecular flexibility index (Phi) is 3.56. The summed E-state index contributed by atoms with van der Waals surface area (Å²) in [5.74, 6) is 0. The number of nitrogens with zero attached hydrogens (tertiary/aromatic N) is 4. The summed E-state index contributed by atoms with van der Waals surface area (Å²) in [7, 11) is 1.90. The summed E-state index contributed by atoms with van der Waals surface area (Å²) in [4.78, 5) is 2.44. The first-order valence-electron chi connectivity index (χ1n) is 6.01. The lowest BCUT2D eigenvalue weighted by Crippen LogP contribution is -2.48. The van der Waals surface area contributed by atoms with Crippen molar-refractivity contribution in [2.45, 2.75) is 44.8 Å². The lowest BCUT2D eigenvalue weighted by Gasteiger charge is -2.37. The molecule has 1 saturated heterocycles. The summed E-state index contributed by atoms with van der Waals surface area (Å²) in [6.45, 7) is 4.10. The zero-order valence-electron chi connectivity index (χ0n) is 10.1. The predicted octanol–water partition coefficient (Wildman–Crippen LogP) is 0.517. The van der Waals surface area contributed by atoms with Crippen molar-refractivity contribution in [3.05, 3.63) is 11.9 Å². The van der Waals surface area contributed by atoms with Gasteiger partial charge in [-0.2, -0.15) is 0 Å². The topological polar surface area (TPSA) is 60.0 Å². The minimum absolute atomic E-state index is 0.233. The molecule has 0 aromatic carbocycles. The van der Waals surface area contributed by atoms with E-state index in [4.69, 9.17) is 5.73 Å². The Morgan fingerprint density at radius 2 is 2.38 bits per heavy atom. The normalized spacial score (nSPS) is 24.6. The number of aryl methyl sites for hydroxylation is 1. The van der Waals surface area contributed by atoms with Gasteiger partial charge >= 0.3 is 0 Å². The fraction of sp³-hybridized carbons (Fsp3) is 0.818. The maximum Gasteiger partial charge on any atom is 0.0967 e. The number of hydrogen-bond acceptors (Lipinski definition) is 4. The summed E-state index contributed by atoms with van der Waals surface area (Å²) >= 11 is 0. The van der Waals surface area contributed by atoms with Crippen LogP contribution in [0.2, 0.25) is 0 Å². The zero-order valence-corrected chi connectivity index (χ0v) is 10.1. The SMILES string of the molecule is CC(N)C1CCCCN1Cc1cn(C)nn1. The van der Waals surface area contributed by atoms with Gasteiger partial charge < -0.3 is 5.73 Å². The molecule has 2 heterocycles. The number of nitrogens with two attached hydrogens (primary N) is 1. The molecule has 0 saturated carbocycles. The molecule has 0 bridgehead atoms. The molecular weight excluding hydrogens is 202 g/mol. The minimum Gasteiger partial charge on any atom is -0.327 e. The maximum absolute atomic E-state index is 6.03. The van der Waals surface area contributed by atoms with Crippen molar-refractivity contribution in [2.75, 3.05) is 6.54 Å². The molecule has 5 nitrogen and oxygen atoms in total. The van der Waals surface area contributed by atoms with E-state index in [0.29, 0.717) is 6.04 Å². The molecule has 2 atom stereocenters. The standard InChI is InChI=1S/C11H21N5/c1-9(12)11-5-3-4-6-16(11)8-10-7-15(2)14-13-10/h7,9,11H,3-6,8,12H2,1-2H3. The van der Waals surface area contributed by atoms with E-state index in [9.17, 15) is 0 Å². The average Bonchev–Trinajstić information content (AvgIpc) is 2.64. The van der Waals surface area contributed by atoms with Crippen molar-refractivity contribution in [1.82, 2.24) is 19.9 Å². The Morgan fingerprint density at radius 1 is 1.56 bits per heavy atom. The average molecular weight is 223 g/mol. The van der Waals surface area contributed by atoms with Crippen LogP contribution >= 0.6 is 0 Å². The van der Waals surface area contributed by atoms with Gasteiger partial charge in [-0.3, -0.25) is 9.58 Å². The lowest BCUT2D eigenvalue weighted by atomic mass is 9.97. The Labute approximate surface area is 96.6 Å². The van der Waals surface area contributed by atoms with Gasteiger partial charge in [0.25, 0.3) is 0 Å². The Hall–Kier alpha value is -0.940. The monoisotopic (exact) mass is 223 g/mol. The molecule has 1 fully saturated rings. The molecule has 1 aromatic rings. The Bertz CT molecular complexity index is 333. The number of likely N-dealkylation sites (tertiary alicyclic amines) is 1. The van der Waals surface area contributed by atoms with Crippen LogP contribution in [0.5, 0.6) is 0 Å². The first-order chi connectivity index (χ1) is 7.66. The van der Waals surface area contributed by atoms with Crippen LogP contribution in [0.15, 0.2) is 6.20 Å². The van der Waals surface area contributed by atoms with Gasteiger partial charge in [-0.05, 0) is 26.3 Å². The molecule has 1 aliphatic rings. The smallest absolute Gasteiger partial charge is 0.0967 e. The molecule has 2 N–H and O–H groups in total. The highest BCUT2D eigenvalue weighted by Gasteiger charge is 2.25. The Balaban J connectivity index is 2.01. The summed E-state index contributed by atoms with van der Waals surface area (Å²) in [6, 6.07) is 0.729. The quantitative estimate of drug-likeness (QED) is 0.811. The van der Waals surface area contributed by atoms with E-state index >= 15 is 0 Å². The molecule has 1 aliphatic heterocycles. The van der Waals surface area contributed by atoms with Gasteiger partial charge in [0, 0.05) is 31.9 Å². The molecular formula is C11H21N5. The van der Waals surface area contributed by atoms with Crippen molar-refractivity contribution in [3.8, 4) is 0 Å². The highest BCUT2D eigenvalue weighted by molar-refractivity contribution is 4.94. The second-order valence-electron chi connectivity index (χ2n) is 4.78. The molecule has 0 amide bonds. The first-order valence-corrected chi connectivity index (χ1v) is 6.01. The number of aromatic nitrogens is 3. The van der Waals surface area contributed by atoms with Crippen molar-refractivity contribution in [2.24, 2.45) is 12.8 Å². The maximum atomic E-state index is 6.03. The fourth-order valence-electron chi connectivity index (χ4n) is 2.48. The van der Waals surface area contributed by atoms with Gasteiger partial charge in [-0.1, -0.05) is 11.6 Å². The van der Waals surface area contributed by atoms with Crippen LogP contribution in [-0.4, -0.2) is 38.5 Å². The van der Waals surface area contributed by atoms with Gasteiger partial charge in [0.2, 0.25) is 0 Å². The third-order valence-electron chi connectivity index (χ3n) is 3.29.